The van der Waals surface area contributed by atoms with Gasteiger partial charge in [0, 0.05) is 0 Å². The van der Waals surface area contributed by atoms with Gasteiger partial charge in [-0.3, -0.25) is 4.79 Å². The van der Waals surface area contributed by atoms with E-state index in [1.165, 1.54) is 0 Å². The molecule has 76 valence electrons. The predicted octanol–water partition coefficient (Wildman–Crippen LogP) is 2.34. The maximum absolute atomic E-state index is 11.4. The Balaban J connectivity index is 2.33. The lowest BCUT2D eigenvalue weighted by atomic mass is 10.3. The molecule has 6 heteroatoms. The summed E-state index contributed by atoms with van der Waals surface area (Å²) in [5, 5.41) is -0.124. The summed E-state index contributed by atoms with van der Waals surface area (Å²) in [7, 11) is 0. The lowest BCUT2D eigenvalue weighted by molar-refractivity contribution is 0.462. The number of hydrogen-bond donors (Lipinski definition) is 0. The molecule has 2 aromatic rings. The monoisotopic (exact) mass is 240 g/mol. The van der Waals surface area contributed by atoms with Crippen LogP contribution in [0.2, 0.25) is 5.15 Å². The maximum atomic E-state index is 11.4. The third-order valence-corrected chi connectivity index (χ3v) is 2.45. The van der Waals surface area contributed by atoms with Crippen LogP contribution >= 0.6 is 23.3 Å². The molecule has 0 aliphatic carbocycles. The largest absolute Gasteiger partial charge is 0.435 e. The number of halogens is 1. The highest BCUT2D eigenvalue weighted by Crippen LogP contribution is 2.16. The van der Waals surface area contributed by atoms with E-state index in [1.54, 1.807) is 24.3 Å². The van der Waals surface area contributed by atoms with Crippen molar-refractivity contribution >= 4 is 23.3 Å². The van der Waals surface area contributed by atoms with Gasteiger partial charge in [-0.25, -0.2) is 0 Å². The van der Waals surface area contributed by atoms with Gasteiger partial charge in [-0.05, 0) is 12.1 Å². The zero-order chi connectivity index (χ0) is 10.7. The SMILES string of the molecule is O=c1c(Cl)nsnc1Oc1ccccc1. The molecule has 0 bridgehead atoms. The van der Waals surface area contributed by atoms with Crippen molar-refractivity contribution < 1.29 is 4.74 Å². The van der Waals surface area contributed by atoms with Crippen molar-refractivity contribution in [3.63, 3.8) is 0 Å². The van der Waals surface area contributed by atoms with Crippen LogP contribution in [0.15, 0.2) is 35.1 Å². The van der Waals surface area contributed by atoms with Crippen molar-refractivity contribution in [3.8, 4) is 11.6 Å². The Morgan fingerprint density at radius 1 is 1.20 bits per heavy atom. The van der Waals surface area contributed by atoms with Gasteiger partial charge in [-0.1, -0.05) is 29.8 Å². The fourth-order valence-electron chi connectivity index (χ4n) is 0.930. The molecule has 4 nitrogen and oxygen atoms in total. The molecule has 0 fully saturated rings. The highest BCUT2D eigenvalue weighted by atomic mass is 35.5. The first-order valence-electron chi connectivity index (χ1n) is 4.02. The number of nitrogens with zero attached hydrogens (tertiary/aromatic N) is 2. The molecule has 0 N–H and O–H groups in total. The molecule has 0 saturated heterocycles. The highest BCUT2D eigenvalue weighted by molar-refractivity contribution is 6.99. The van der Waals surface area contributed by atoms with Crippen molar-refractivity contribution in [2.45, 2.75) is 0 Å². The van der Waals surface area contributed by atoms with Crippen LogP contribution in [0.1, 0.15) is 0 Å². The summed E-state index contributed by atoms with van der Waals surface area (Å²) in [6.45, 7) is 0. The molecule has 0 aliphatic rings. The lowest BCUT2D eigenvalue weighted by Crippen LogP contribution is -2.07. The van der Waals surface area contributed by atoms with E-state index in [4.69, 9.17) is 16.3 Å². The third-order valence-electron chi connectivity index (χ3n) is 1.58. The second kappa shape index (κ2) is 4.37. The third kappa shape index (κ3) is 2.31. The number of hydrogen-bond acceptors (Lipinski definition) is 5. The fraction of sp³-hybridized carbons (Fsp3) is 0. The Bertz CT molecular complexity index is 515. The Morgan fingerprint density at radius 2 is 1.93 bits per heavy atom. The zero-order valence-corrected chi connectivity index (χ0v) is 8.96. The Labute approximate surface area is 94.4 Å². The van der Waals surface area contributed by atoms with E-state index in [2.05, 4.69) is 8.75 Å². The van der Waals surface area contributed by atoms with Gasteiger partial charge in [0.1, 0.15) is 5.75 Å². The summed E-state index contributed by atoms with van der Waals surface area (Å²) in [6.07, 6.45) is 0. The average molecular weight is 241 g/mol. The smallest absolute Gasteiger partial charge is 0.283 e. The number of ether oxygens (including phenoxy) is 1. The number of aromatic nitrogens is 2. The number of benzene rings is 1. The number of rotatable bonds is 2. The van der Waals surface area contributed by atoms with Crippen molar-refractivity contribution in [1.29, 1.82) is 0 Å². The van der Waals surface area contributed by atoms with Crippen LogP contribution in [-0.2, 0) is 0 Å². The summed E-state index contributed by atoms with van der Waals surface area (Å²) in [5.41, 5.74) is -0.501. The summed E-state index contributed by atoms with van der Waals surface area (Å²) >= 11 is 6.38. The molecule has 2 rings (SSSR count). The molecule has 1 aromatic heterocycles. The van der Waals surface area contributed by atoms with E-state index in [0.717, 1.165) is 11.7 Å². The molecule has 0 saturated carbocycles. The minimum Gasteiger partial charge on any atom is -0.435 e. The van der Waals surface area contributed by atoms with Gasteiger partial charge in [0.05, 0.1) is 11.7 Å². The van der Waals surface area contributed by atoms with E-state index >= 15 is 0 Å². The van der Waals surface area contributed by atoms with Crippen LogP contribution in [0.25, 0.3) is 0 Å². The van der Waals surface area contributed by atoms with E-state index < -0.39 is 5.43 Å². The van der Waals surface area contributed by atoms with Crippen LogP contribution in [0.5, 0.6) is 11.6 Å². The van der Waals surface area contributed by atoms with Gasteiger partial charge in [-0.2, -0.15) is 4.37 Å². The molecule has 0 unspecified atom stereocenters. The zero-order valence-electron chi connectivity index (χ0n) is 7.38. The Morgan fingerprint density at radius 3 is 2.67 bits per heavy atom. The van der Waals surface area contributed by atoms with Crippen LogP contribution < -0.4 is 10.2 Å². The average Bonchev–Trinajstić information content (AvgIpc) is 2.26. The van der Waals surface area contributed by atoms with E-state index in [-0.39, 0.29) is 11.0 Å². The van der Waals surface area contributed by atoms with Crippen molar-refractivity contribution in [1.82, 2.24) is 8.75 Å². The van der Waals surface area contributed by atoms with Crippen molar-refractivity contribution in [2.75, 3.05) is 0 Å². The molecule has 1 aromatic carbocycles. The van der Waals surface area contributed by atoms with Gasteiger partial charge in [-0.15, -0.1) is 4.37 Å². The van der Waals surface area contributed by atoms with Gasteiger partial charge < -0.3 is 4.74 Å². The fourth-order valence-corrected chi connectivity index (χ4v) is 1.49. The van der Waals surface area contributed by atoms with Crippen molar-refractivity contribution in [2.24, 2.45) is 0 Å². The van der Waals surface area contributed by atoms with Crippen LogP contribution in [0, 0.1) is 0 Å². The quantitative estimate of drug-likeness (QED) is 0.809. The summed E-state index contributed by atoms with van der Waals surface area (Å²) < 4.78 is 12.6. The Hall–Kier alpha value is -1.46. The van der Waals surface area contributed by atoms with Crippen LogP contribution in [0.3, 0.4) is 0 Å². The molecular weight excluding hydrogens is 236 g/mol. The van der Waals surface area contributed by atoms with Gasteiger partial charge in [0.2, 0.25) is 0 Å². The molecule has 0 aliphatic heterocycles. The molecule has 0 atom stereocenters. The molecule has 15 heavy (non-hydrogen) atoms. The van der Waals surface area contributed by atoms with Gasteiger partial charge in [0.25, 0.3) is 11.3 Å². The van der Waals surface area contributed by atoms with Crippen LogP contribution in [-0.4, -0.2) is 8.75 Å². The lowest BCUT2D eigenvalue weighted by Gasteiger charge is -2.01. The highest BCUT2D eigenvalue weighted by Gasteiger charge is 2.08. The summed E-state index contributed by atoms with van der Waals surface area (Å²) in [5.74, 6) is 0.489. The van der Waals surface area contributed by atoms with Gasteiger partial charge in [0.15, 0.2) is 5.15 Å². The van der Waals surface area contributed by atoms with E-state index in [9.17, 15) is 4.79 Å². The maximum Gasteiger partial charge on any atom is 0.283 e. The van der Waals surface area contributed by atoms with E-state index in [0.29, 0.717) is 5.75 Å². The molecule has 0 spiro atoms. The molecular formula is C9H5ClN2O2S. The van der Waals surface area contributed by atoms with Crippen LogP contribution in [0.4, 0.5) is 0 Å². The normalized spacial score (nSPS) is 9.93. The first kappa shape index (κ1) is 10.1. The molecule has 0 radical (unpaired) electrons. The van der Waals surface area contributed by atoms with E-state index in [1.807, 2.05) is 6.07 Å². The number of para-hydroxylation sites is 1. The minimum atomic E-state index is -0.501. The second-order valence-corrected chi connectivity index (χ2v) is 3.49. The van der Waals surface area contributed by atoms with Crippen molar-refractivity contribution in [3.05, 3.63) is 45.7 Å². The topological polar surface area (TPSA) is 52.1 Å². The molecule has 1 heterocycles. The summed E-state index contributed by atoms with van der Waals surface area (Å²) in [6, 6.07) is 8.89. The summed E-state index contributed by atoms with van der Waals surface area (Å²) in [4.78, 5) is 11.4. The second-order valence-electron chi connectivity index (χ2n) is 2.60. The Kier molecular flexibility index (Phi) is 2.94. The van der Waals surface area contributed by atoms with Gasteiger partial charge >= 0.3 is 0 Å². The first-order chi connectivity index (χ1) is 7.27. The minimum absolute atomic E-state index is 0.0498. The first-order valence-corrected chi connectivity index (χ1v) is 5.13. The predicted molar refractivity (Wildman–Crippen MR) is 57.7 cm³/mol. The molecule has 0 amide bonds. The standard InChI is InChI=1S/C9H5ClN2O2S/c10-8-7(13)9(12-15-11-8)14-6-4-2-1-3-5-6/h1-5H.